The molecule has 2 aromatic rings. The molecule has 0 bridgehead atoms. The Bertz CT molecular complexity index is 924. The van der Waals surface area contributed by atoms with Crippen molar-refractivity contribution in [1.29, 1.82) is 0 Å². The quantitative estimate of drug-likeness (QED) is 0.279. The largest absolute Gasteiger partial charge is 0.345 e. The van der Waals surface area contributed by atoms with Gasteiger partial charge in [0, 0.05) is 41.9 Å². The molecule has 0 saturated carbocycles. The third-order valence-electron chi connectivity index (χ3n) is 5.79. The van der Waals surface area contributed by atoms with E-state index in [1.54, 1.807) is 4.90 Å². The molecule has 1 heterocycles. The number of unbranched alkanes of at least 4 members (excludes halogenated alkanes) is 1. The highest BCUT2D eigenvalue weighted by Crippen LogP contribution is 2.22. The molecule has 7 heteroatoms. The monoisotopic (exact) mass is 551 g/mol. The van der Waals surface area contributed by atoms with Crippen molar-refractivity contribution in [3.8, 4) is 0 Å². The first-order valence-corrected chi connectivity index (χ1v) is 13.4. The van der Waals surface area contributed by atoms with Crippen LogP contribution in [0, 0.1) is 11.3 Å². The van der Waals surface area contributed by atoms with E-state index in [2.05, 4.69) is 65.7 Å². The number of alkyl halides is 1. The molecule has 34 heavy (non-hydrogen) atoms. The fourth-order valence-corrected chi connectivity index (χ4v) is 4.16. The second kappa shape index (κ2) is 13.3. The van der Waals surface area contributed by atoms with E-state index in [0.29, 0.717) is 19.6 Å². The number of hydrogen-bond acceptors (Lipinski definition) is 2. The Morgan fingerprint density at radius 3 is 2.38 bits per heavy atom. The van der Waals surface area contributed by atoms with E-state index in [-0.39, 0.29) is 30.2 Å². The highest BCUT2D eigenvalue weighted by molar-refractivity contribution is 9.10. The number of carbonyl (C=O) groups excluding carboxylic acids is 2. The van der Waals surface area contributed by atoms with Crippen molar-refractivity contribution in [1.82, 2.24) is 14.4 Å². The lowest BCUT2D eigenvalue weighted by Gasteiger charge is -2.33. The summed E-state index contributed by atoms with van der Waals surface area (Å²) in [6.45, 7) is 12.5. The normalized spacial score (nSPS) is 11.6. The summed E-state index contributed by atoms with van der Waals surface area (Å²) in [5.74, 6) is 0.385. The fourth-order valence-electron chi connectivity index (χ4n) is 3.78. The highest BCUT2D eigenvalue weighted by Gasteiger charge is 2.33. The van der Waals surface area contributed by atoms with Crippen molar-refractivity contribution < 1.29 is 9.59 Å². The SMILES string of the molecule is CCCCN(Cc1cccn1Cc1ccc(Br)cc1)C(=O)CN(CC(C)C)C(=O)C(C)(C)CCl. The van der Waals surface area contributed by atoms with Crippen molar-refractivity contribution in [3.05, 3.63) is 58.3 Å². The predicted octanol–water partition coefficient (Wildman–Crippen LogP) is 6.18. The number of rotatable bonds is 13. The van der Waals surface area contributed by atoms with Crippen LogP contribution in [0.5, 0.6) is 0 Å². The summed E-state index contributed by atoms with van der Waals surface area (Å²) in [6, 6.07) is 12.4. The number of nitrogens with zero attached hydrogens (tertiary/aromatic N) is 3. The van der Waals surface area contributed by atoms with Gasteiger partial charge >= 0.3 is 0 Å². The molecule has 0 spiro atoms. The van der Waals surface area contributed by atoms with Gasteiger partial charge in [-0.3, -0.25) is 9.59 Å². The number of benzene rings is 1. The molecule has 1 aromatic heterocycles. The Balaban J connectivity index is 2.19. The minimum Gasteiger partial charge on any atom is -0.345 e. The molecule has 2 amide bonds. The van der Waals surface area contributed by atoms with Gasteiger partial charge in [-0.1, -0.05) is 55.3 Å². The fraction of sp³-hybridized carbons (Fsp3) is 0.556. The van der Waals surface area contributed by atoms with Crippen molar-refractivity contribution >= 4 is 39.3 Å². The molecule has 0 radical (unpaired) electrons. The van der Waals surface area contributed by atoms with Gasteiger partial charge in [-0.05, 0) is 56.0 Å². The van der Waals surface area contributed by atoms with Gasteiger partial charge in [0.05, 0.1) is 18.5 Å². The van der Waals surface area contributed by atoms with Gasteiger partial charge in [-0.2, -0.15) is 0 Å². The number of hydrogen-bond donors (Lipinski definition) is 0. The molecule has 0 aliphatic carbocycles. The molecule has 0 atom stereocenters. The van der Waals surface area contributed by atoms with E-state index in [4.69, 9.17) is 11.6 Å². The predicted molar refractivity (Wildman–Crippen MR) is 144 cm³/mol. The Labute approximate surface area is 218 Å². The minimum atomic E-state index is -0.704. The van der Waals surface area contributed by atoms with Gasteiger partial charge in [-0.15, -0.1) is 11.6 Å². The zero-order valence-corrected chi connectivity index (χ0v) is 23.5. The zero-order valence-electron chi connectivity index (χ0n) is 21.2. The van der Waals surface area contributed by atoms with E-state index in [0.717, 1.165) is 29.6 Å². The van der Waals surface area contributed by atoms with E-state index < -0.39 is 5.41 Å². The Kier molecular flexibility index (Phi) is 11.2. The molecule has 188 valence electrons. The second-order valence-electron chi connectivity index (χ2n) is 10.0. The van der Waals surface area contributed by atoms with Crippen LogP contribution in [0.15, 0.2) is 47.1 Å². The number of carbonyl (C=O) groups is 2. The van der Waals surface area contributed by atoms with Crippen molar-refractivity contribution in [2.75, 3.05) is 25.5 Å². The van der Waals surface area contributed by atoms with Gasteiger partial charge in [0.1, 0.15) is 0 Å². The molecule has 0 saturated heterocycles. The number of amides is 2. The van der Waals surface area contributed by atoms with Crippen molar-refractivity contribution in [2.45, 2.75) is 60.5 Å². The number of aromatic nitrogens is 1. The molecular formula is C27H39BrClN3O2. The van der Waals surface area contributed by atoms with Gasteiger partial charge in [-0.25, -0.2) is 0 Å². The van der Waals surface area contributed by atoms with E-state index >= 15 is 0 Å². The van der Waals surface area contributed by atoms with Crippen LogP contribution in [-0.2, 0) is 22.7 Å². The summed E-state index contributed by atoms with van der Waals surface area (Å²) in [5, 5.41) is 0. The topological polar surface area (TPSA) is 45.6 Å². The van der Waals surface area contributed by atoms with Crippen LogP contribution in [0.2, 0.25) is 0 Å². The Morgan fingerprint density at radius 2 is 1.79 bits per heavy atom. The zero-order chi connectivity index (χ0) is 25.3. The van der Waals surface area contributed by atoms with Crippen molar-refractivity contribution in [3.63, 3.8) is 0 Å². The Morgan fingerprint density at radius 1 is 1.12 bits per heavy atom. The molecule has 5 nitrogen and oxygen atoms in total. The molecular weight excluding hydrogens is 514 g/mol. The maximum absolute atomic E-state index is 13.5. The first-order chi connectivity index (χ1) is 16.1. The van der Waals surface area contributed by atoms with Gasteiger partial charge in [0.15, 0.2) is 0 Å². The third-order valence-corrected chi connectivity index (χ3v) is 6.99. The van der Waals surface area contributed by atoms with Crippen LogP contribution in [0.1, 0.15) is 58.7 Å². The maximum atomic E-state index is 13.5. The molecule has 0 fully saturated rings. The average Bonchev–Trinajstić information content (AvgIpc) is 3.23. The molecule has 0 N–H and O–H groups in total. The standard InChI is InChI=1S/C27H39BrClN3O2/c1-6-7-14-31(25(33)19-32(16-21(2)3)26(34)27(4,5)20-29)18-24-9-8-15-30(24)17-22-10-12-23(28)13-11-22/h8-13,15,21H,6-7,14,16-20H2,1-5H3. The van der Waals surface area contributed by atoms with Crippen LogP contribution in [0.4, 0.5) is 0 Å². The third kappa shape index (κ3) is 8.46. The summed E-state index contributed by atoms with van der Waals surface area (Å²) < 4.78 is 3.24. The Hall–Kier alpha value is -1.79. The van der Waals surface area contributed by atoms with Crippen molar-refractivity contribution in [2.24, 2.45) is 11.3 Å². The summed E-state index contributed by atoms with van der Waals surface area (Å²) in [6.07, 6.45) is 3.97. The van der Waals surface area contributed by atoms with E-state index in [1.165, 1.54) is 5.56 Å². The molecule has 1 aromatic carbocycles. The summed E-state index contributed by atoms with van der Waals surface area (Å²) >= 11 is 9.56. The molecule has 2 rings (SSSR count). The van der Waals surface area contributed by atoms with Gasteiger partial charge in [0.2, 0.25) is 11.8 Å². The van der Waals surface area contributed by atoms with Gasteiger partial charge in [0.25, 0.3) is 0 Å². The lowest BCUT2D eigenvalue weighted by Crippen LogP contribution is -2.49. The van der Waals surface area contributed by atoms with Crippen LogP contribution in [0.25, 0.3) is 0 Å². The lowest BCUT2D eigenvalue weighted by molar-refractivity contribution is -0.146. The maximum Gasteiger partial charge on any atom is 0.242 e. The summed E-state index contributed by atoms with van der Waals surface area (Å²) in [7, 11) is 0. The first-order valence-electron chi connectivity index (χ1n) is 12.1. The smallest absolute Gasteiger partial charge is 0.242 e. The minimum absolute atomic E-state index is 0.0239. The summed E-state index contributed by atoms with van der Waals surface area (Å²) in [5.41, 5.74) is 1.57. The first kappa shape index (κ1) is 28.4. The number of halogens is 2. The van der Waals surface area contributed by atoms with E-state index in [9.17, 15) is 9.59 Å². The average molecular weight is 553 g/mol. The molecule has 0 aliphatic heterocycles. The van der Waals surface area contributed by atoms with Gasteiger partial charge < -0.3 is 14.4 Å². The molecule has 0 unspecified atom stereocenters. The summed E-state index contributed by atoms with van der Waals surface area (Å²) in [4.78, 5) is 30.2. The van der Waals surface area contributed by atoms with Crippen LogP contribution in [0.3, 0.4) is 0 Å². The highest BCUT2D eigenvalue weighted by atomic mass is 79.9. The lowest BCUT2D eigenvalue weighted by atomic mass is 9.94. The van der Waals surface area contributed by atoms with Crippen LogP contribution < -0.4 is 0 Å². The van der Waals surface area contributed by atoms with Crippen LogP contribution >= 0.6 is 27.5 Å². The second-order valence-corrected chi connectivity index (χ2v) is 11.2. The van der Waals surface area contributed by atoms with Crippen LogP contribution in [-0.4, -0.2) is 51.7 Å². The van der Waals surface area contributed by atoms with E-state index in [1.807, 2.05) is 36.9 Å². The molecule has 0 aliphatic rings.